The van der Waals surface area contributed by atoms with Crippen LogP contribution in [-0.4, -0.2) is 21.3 Å². The summed E-state index contributed by atoms with van der Waals surface area (Å²) in [7, 11) is 0. The van der Waals surface area contributed by atoms with Crippen LogP contribution in [-0.2, 0) is 4.74 Å². The van der Waals surface area contributed by atoms with Gasteiger partial charge in [0.05, 0.1) is 10.4 Å². The smallest absolute Gasteiger partial charge is 0.270 e. The second-order valence-corrected chi connectivity index (χ2v) is 5.27. The van der Waals surface area contributed by atoms with E-state index in [1.807, 2.05) is 4.68 Å². The van der Waals surface area contributed by atoms with Crippen LogP contribution in [0.1, 0.15) is 25.5 Å². The van der Waals surface area contributed by atoms with Gasteiger partial charge in [-0.2, -0.15) is 5.10 Å². The summed E-state index contributed by atoms with van der Waals surface area (Å²) < 4.78 is 8.13. The Bertz CT molecular complexity index is 634. The van der Waals surface area contributed by atoms with Crippen molar-refractivity contribution in [3.05, 3.63) is 32.9 Å². The Hall–Kier alpha value is -1.47. The van der Waals surface area contributed by atoms with E-state index in [-0.39, 0.29) is 11.9 Å². The first-order valence-electron chi connectivity index (χ1n) is 6.10. The number of rotatable bonds is 2. The molecule has 0 amide bonds. The highest BCUT2D eigenvalue weighted by molar-refractivity contribution is 9.10. The van der Waals surface area contributed by atoms with Crippen molar-refractivity contribution in [2.45, 2.75) is 25.5 Å². The van der Waals surface area contributed by atoms with Gasteiger partial charge >= 0.3 is 0 Å². The van der Waals surface area contributed by atoms with Crippen LogP contribution in [0.15, 0.2) is 22.8 Å². The topological polar surface area (TPSA) is 70.2 Å². The maximum atomic E-state index is 10.8. The summed E-state index contributed by atoms with van der Waals surface area (Å²) in [5.74, 6) is 0. The van der Waals surface area contributed by atoms with Crippen LogP contribution < -0.4 is 0 Å². The summed E-state index contributed by atoms with van der Waals surface area (Å²) in [6.45, 7) is 0.733. The molecule has 6 nitrogen and oxygen atoms in total. The van der Waals surface area contributed by atoms with E-state index in [1.54, 1.807) is 6.07 Å². The van der Waals surface area contributed by atoms with E-state index in [0.717, 1.165) is 36.8 Å². The van der Waals surface area contributed by atoms with Crippen molar-refractivity contribution in [2.75, 3.05) is 6.61 Å². The molecule has 2 heterocycles. The van der Waals surface area contributed by atoms with E-state index >= 15 is 0 Å². The van der Waals surface area contributed by atoms with E-state index in [4.69, 9.17) is 4.74 Å². The van der Waals surface area contributed by atoms with Crippen LogP contribution in [0.5, 0.6) is 0 Å². The maximum Gasteiger partial charge on any atom is 0.270 e. The number of nitro groups is 1. The van der Waals surface area contributed by atoms with E-state index in [1.165, 1.54) is 12.1 Å². The van der Waals surface area contributed by atoms with Gasteiger partial charge in [0.1, 0.15) is 4.60 Å². The molecule has 1 aromatic carbocycles. The first kappa shape index (κ1) is 12.6. The Morgan fingerprint density at radius 2 is 2.32 bits per heavy atom. The fraction of sp³-hybridized carbons (Fsp3) is 0.417. The SMILES string of the molecule is O=[N+]([O-])c1ccc2c(c1)c(Br)nn2[C@H]1CCCCO1. The molecule has 1 aliphatic heterocycles. The standard InChI is InChI=1S/C12H12BrN3O3/c13-12-9-7-8(16(17)18)4-5-10(9)15(14-12)11-3-1-2-6-19-11/h4-5,7,11H,1-3,6H2/t11-/m1/s1. The molecular formula is C12H12BrN3O3. The summed E-state index contributed by atoms with van der Waals surface area (Å²) in [5, 5.41) is 15.9. The highest BCUT2D eigenvalue weighted by Crippen LogP contribution is 2.32. The minimum absolute atomic E-state index is 0.0670. The normalized spacial score (nSPS) is 19.7. The number of ether oxygens (including phenoxy) is 1. The van der Waals surface area contributed by atoms with Gasteiger partial charge in [-0.25, -0.2) is 4.68 Å². The molecule has 3 rings (SSSR count). The highest BCUT2D eigenvalue weighted by atomic mass is 79.9. The Kier molecular flexibility index (Phi) is 3.24. The molecule has 1 aliphatic rings. The van der Waals surface area contributed by atoms with Crippen molar-refractivity contribution in [2.24, 2.45) is 0 Å². The Morgan fingerprint density at radius 1 is 1.47 bits per heavy atom. The van der Waals surface area contributed by atoms with Gasteiger partial charge in [-0.05, 0) is 41.3 Å². The second kappa shape index (κ2) is 4.90. The lowest BCUT2D eigenvalue weighted by Gasteiger charge is -2.23. The van der Waals surface area contributed by atoms with Gasteiger partial charge in [0.25, 0.3) is 5.69 Å². The summed E-state index contributed by atoms with van der Waals surface area (Å²) in [6.07, 6.45) is 3.02. The zero-order valence-electron chi connectivity index (χ0n) is 10.1. The van der Waals surface area contributed by atoms with Gasteiger partial charge in [0.15, 0.2) is 6.23 Å². The Balaban J connectivity index is 2.08. The molecular weight excluding hydrogens is 314 g/mol. The number of nitrogens with zero attached hydrogens (tertiary/aromatic N) is 3. The molecule has 0 saturated carbocycles. The number of benzene rings is 1. The second-order valence-electron chi connectivity index (χ2n) is 4.52. The van der Waals surface area contributed by atoms with Gasteiger partial charge in [0, 0.05) is 24.1 Å². The van der Waals surface area contributed by atoms with Crippen LogP contribution in [0.3, 0.4) is 0 Å². The molecule has 0 N–H and O–H groups in total. The molecule has 1 fully saturated rings. The Morgan fingerprint density at radius 3 is 3.00 bits per heavy atom. The average molecular weight is 326 g/mol. The predicted octanol–water partition coefficient (Wildman–Crippen LogP) is 3.41. The zero-order valence-corrected chi connectivity index (χ0v) is 11.7. The number of aromatic nitrogens is 2. The van der Waals surface area contributed by atoms with Crippen molar-refractivity contribution >= 4 is 32.5 Å². The third kappa shape index (κ3) is 2.23. The molecule has 1 aromatic heterocycles. The predicted molar refractivity (Wildman–Crippen MR) is 72.9 cm³/mol. The largest absolute Gasteiger partial charge is 0.356 e. The van der Waals surface area contributed by atoms with Gasteiger partial charge in [-0.15, -0.1) is 0 Å². The van der Waals surface area contributed by atoms with Crippen LogP contribution in [0.2, 0.25) is 0 Å². The highest BCUT2D eigenvalue weighted by Gasteiger charge is 2.21. The number of fused-ring (bicyclic) bond motifs is 1. The van der Waals surface area contributed by atoms with Crippen molar-refractivity contribution in [3.8, 4) is 0 Å². The van der Waals surface area contributed by atoms with Crippen molar-refractivity contribution in [3.63, 3.8) is 0 Å². The number of halogens is 1. The van der Waals surface area contributed by atoms with E-state index in [0.29, 0.717) is 4.60 Å². The molecule has 1 atom stereocenters. The fourth-order valence-corrected chi connectivity index (χ4v) is 2.83. The molecule has 2 aromatic rings. The molecule has 7 heteroatoms. The van der Waals surface area contributed by atoms with Crippen LogP contribution in [0.4, 0.5) is 5.69 Å². The van der Waals surface area contributed by atoms with Gasteiger partial charge in [0.2, 0.25) is 0 Å². The number of hydrogen-bond donors (Lipinski definition) is 0. The maximum absolute atomic E-state index is 10.8. The number of nitro benzene ring substituents is 1. The van der Waals surface area contributed by atoms with Crippen molar-refractivity contribution < 1.29 is 9.66 Å². The molecule has 100 valence electrons. The van der Waals surface area contributed by atoms with E-state index in [2.05, 4.69) is 21.0 Å². The van der Waals surface area contributed by atoms with E-state index < -0.39 is 4.92 Å². The molecule has 0 unspecified atom stereocenters. The van der Waals surface area contributed by atoms with Gasteiger partial charge < -0.3 is 4.74 Å². The monoisotopic (exact) mass is 325 g/mol. The molecule has 1 saturated heterocycles. The average Bonchev–Trinajstić information content (AvgIpc) is 2.77. The minimum Gasteiger partial charge on any atom is -0.356 e. The summed E-state index contributed by atoms with van der Waals surface area (Å²) >= 11 is 3.36. The van der Waals surface area contributed by atoms with Crippen LogP contribution in [0, 0.1) is 10.1 Å². The summed E-state index contributed by atoms with van der Waals surface area (Å²) in [4.78, 5) is 10.4. The van der Waals surface area contributed by atoms with Crippen LogP contribution in [0.25, 0.3) is 10.9 Å². The van der Waals surface area contributed by atoms with Crippen LogP contribution >= 0.6 is 15.9 Å². The minimum atomic E-state index is -0.402. The van der Waals surface area contributed by atoms with Crippen molar-refractivity contribution in [1.82, 2.24) is 9.78 Å². The first-order chi connectivity index (χ1) is 9.16. The molecule has 0 radical (unpaired) electrons. The molecule has 0 spiro atoms. The fourth-order valence-electron chi connectivity index (χ4n) is 2.34. The lowest BCUT2D eigenvalue weighted by Crippen LogP contribution is -2.19. The molecule has 0 bridgehead atoms. The summed E-state index contributed by atoms with van der Waals surface area (Å²) in [6, 6.07) is 4.75. The van der Waals surface area contributed by atoms with Gasteiger partial charge in [-0.3, -0.25) is 10.1 Å². The van der Waals surface area contributed by atoms with E-state index in [9.17, 15) is 10.1 Å². The third-order valence-electron chi connectivity index (χ3n) is 3.28. The van der Waals surface area contributed by atoms with Gasteiger partial charge in [-0.1, -0.05) is 0 Å². The number of non-ortho nitro benzene ring substituents is 1. The molecule has 19 heavy (non-hydrogen) atoms. The zero-order chi connectivity index (χ0) is 13.4. The Labute approximate surface area is 117 Å². The third-order valence-corrected chi connectivity index (χ3v) is 3.87. The lowest BCUT2D eigenvalue weighted by molar-refractivity contribution is -0.384. The first-order valence-corrected chi connectivity index (χ1v) is 6.90. The van der Waals surface area contributed by atoms with Crippen molar-refractivity contribution in [1.29, 1.82) is 0 Å². The number of hydrogen-bond acceptors (Lipinski definition) is 4. The quantitative estimate of drug-likeness (QED) is 0.626. The molecule has 0 aliphatic carbocycles. The summed E-state index contributed by atoms with van der Waals surface area (Å²) in [5.41, 5.74) is 0.918. The lowest BCUT2D eigenvalue weighted by atomic mass is 10.2.